The Morgan fingerprint density at radius 1 is 1.26 bits per heavy atom. The summed E-state index contributed by atoms with van der Waals surface area (Å²) < 4.78 is 6.85. The zero-order valence-electron chi connectivity index (χ0n) is 18.5. The second-order valence-corrected chi connectivity index (χ2v) is 8.12. The molecule has 0 atom stereocenters. The number of aryl methyl sites for hydroxylation is 2. The number of likely N-dealkylation sites (N-methyl/N-ethyl adjacent to an activating group) is 1. The minimum atomic E-state index is -0.638. The summed E-state index contributed by atoms with van der Waals surface area (Å²) in [5.74, 6) is 0.263. The smallest absolute Gasteiger partial charge is 0.343 e. The fourth-order valence-corrected chi connectivity index (χ4v) is 3.67. The summed E-state index contributed by atoms with van der Waals surface area (Å²) in [6.45, 7) is 7.58. The monoisotopic (exact) mass is 421 g/mol. The van der Waals surface area contributed by atoms with Crippen molar-refractivity contribution < 1.29 is 9.53 Å². The van der Waals surface area contributed by atoms with E-state index in [0.717, 1.165) is 35.9 Å². The summed E-state index contributed by atoms with van der Waals surface area (Å²) in [5, 5.41) is 0.384. The van der Waals surface area contributed by atoms with E-state index in [-0.39, 0.29) is 17.6 Å². The predicted octanol–water partition coefficient (Wildman–Crippen LogP) is 2.32. The molecule has 1 saturated heterocycles. The van der Waals surface area contributed by atoms with Gasteiger partial charge in [-0.05, 0) is 58.6 Å². The number of carbonyl (C=O) groups is 1. The number of aromatic nitrogens is 3. The largest absolute Gasteiger partial charge is 0.462 e. The SMILES string of the molecule is CCOC(=O)c1cn(-c2ccc(N3CC(N(C)C)C3)nc2)c2nc(C)c(C)cc2c1=O. The van der Waals surface area contributed by atoms with Crippen molar-refractivity contribution in [3.63, 3.8) is 0 Å². The Balaban J connectivity index is 1.79. The molecule has 0 spiro atoms. The molecule has 8 nitrogen and oxygen atoms in total. The Morgan fingerprint density at radius 2 is 2.00 bits per heavy atom. The minimum absolute atomic E-state index is 0.0138. The molecule has 4 heterocycles. The van der Waals surface area contributed by atoms with Crippen LogP contribution >= 0.6 is 0 Å². The van der Waals surface area contributed by atoms with E-state index in [1.807, 2.05) is 26.0 Å². The maximum Gasteiger partial charge on any atom is 0.343 e. The van der Waals surface area contributed by atoms with Crippen LogP contribution in [0.15, 0.2) is 35.4 Å². The predicted molar refractivity (Wildman–Crippen MR) is 120 cm³/mol. The highest BCUT2D eigenvalue weighted by atomic mass is 16.5. The van der Waals surface area contributed by atoms with Gasteiger partial charge in [-0.3, -0.25) is 9.36 Å². The number of nitrogens with zero attached hydrogens (tertiary/aromatic N) is 5. The van der Waals surface area contributed by atoms with Gasteiger partial charge in [0, 0.05) is 31.0 Å². The van der Waals surface area contributed by atoms with Crippen LogP contribution in [0.25, 0.3) is 16.7 Å². The van der Waals surface area contributed by atoms with Crippen LogP contribution in [-0.2, 0) is 4.74 Å². The first-order valence-electron chi connectivity index (χ1n) is 10.4. The molecule has 0 radical (unpaired) electrons. The quantitative estimate of drug-likeness (QED) is 0.585. The zero-order chi connectivity index (χ0) is 22.3. The fraction of sp³-hybridized carbons (Fsp3) is 0.391. The lowest BCUT2D eigenvalue weighted by Crippen LogP contribution is -2.57. The summed E-state index contributed by atoms with van der Waals surface area (Å²) in [5.41, 5.74) is 2.54. The molecule has 8 heteroatoms. The average Bonchev–Trinajstić information content (AvgIpc) is 2.69. The zero-order valence-corrected chi connectivity index (χ0v) is 18.5. The molecule has 3 aromatic heterocycles. The van der Waals surface area contributed by atoms with Gasteiger partial charge in [0.2, 0.25) is 5.43 Å². The molecule has 0 N–H and O–H groups in total. The molecule has 1 aliphatic heterocycles. The molecule has 0 aromatic carbocycles. The maximum absolute atomic E-state index is 13.0. The van der Waals surface area contributed by atoms with Crippen molar-refractivity contribution in [1.82, 2.24) is 19.4 Å². The highest BCUT2D eigenvalue weighted by Crippen LogP contribution is 2.23. The second-order valence-electron chi connectivity index (χ2n) is 8.12. The van der Waals surface area contributed by atoms with Crippen molar-refractivity contribution in [2.45, 2.75) is 26.8 Å². The van der Waals surface area contributed by atoms with Gasteiger partial charge in [-0.25, -0.2) is 14.8 Å². The summed E-state index contributed by atoms with van der Waals surface area (Å²) >= 11 is 0. The summed E-state index contributed by atoms with van der Waals surface area (Å²) in [6, 6.07) is 6.20. The first-order valence-corrected chi connectivity index (χ1v) is 10.4. The van der Waals surface area contributed by atoms with Gasteiger partial charge in [-0.1, -0.05) is 0 Å². The number of hydrogen-bond acceptors (Lipinski definition) is 7. The van der Waals surface area contributed by atoms with E-state index in [9.17, 15) is 9.59 Å². The summed E-state index contributed by atoms with van der Waals surface area (Å²) in [4.78, 5) is 39.1. The second kappa shape index (κ2) is 8.11. The van der Waals surface area contributed by atoms with Crippen LogP contribution in [0.4, 0.5) is 5.82 Å². The lowest BCUT2D eigenvalue weighted by Gasteiger charge is -2.43. The topological polar surface area (TPSA) is 80.6 Å². The van der Waals surface area contributed by atoms with Crippen LogP contribution < -0.4 is 10.3 Å². The van der Waals surface area contributed by atoms with Crippen molar-refractivity contribution >= 4 is 22.8 Å². The van der Waals surface area contributed by atoms with Crippen LogP contribution in [0.2, 0.25) is 0 Å². The van der Waals surface area contributed by atoms with Gasteiger partial charge in [0.05, 0.1) is 23.9 Å². The van der Waals surface area contributed by atoms with Crippen molar-refractivity contribution in [2.75, 3.05) is 38.7 Å². The van der Waals surface area contributed by atoms with Crippen molar-refractivity contribution in [3.05, 3.63) is 57.6 Å². The molecule has 0 bridgehead atoms. The third kappa shape index (κ3) is 3.79. The Hall–Kier alpha value is -3.26. The van der Waals surface area contributed by atoms with Crippen LogP contribution in [0.3, 0.4) is 0 Å². The number of carbonyl (C=O) groups excluding carboxylic acids is 1. The first-order chi connectivity index (χ1) is 14.8. The molecule has 4 rings (SSSR count). The molecular formula is C23H27N5O3. The van der Waals surface area contributed by atoms with E-state index in [1.54, 1.807) is 23.8 Å². The van der Waals surface area contributed by atoms with Gasteiger partial charge in [0.25, 0.3) is 0 Å². The molecule has 1 aliphatic rings. The standard InChI is InChI=1S/C23H27N5O3/c1-6-31-23(30)19-13-28(22-18(21(19)29)9-14(2)15(3)25-22)16-7-8-20(24-10-16)27-11-17(12-27)26(4)5/h7-10,13,17H,6,11-12H2,1-5H3. The Labute approximate surface area is 181 Å². The van der Waals surface area contributed by atoms with E-state index in [1.165, 1.54) is 6.20 Å². The van der Waals surface area contributed by atoms with Crippen LogP contribution in [0, 0.1) is 13.8 Å². The van der Waals surface area contributed by atoms with Crippen molar-refractivity contribution in [3.8, 4) is 5.69 Å². The molecule has 0 aliphatic carbocycles. The van der Waals surface area contributed by atoms with E-state index < -0.39 is 5.97 Å². The Bertz CT molecular complexity index is 1190. The normalized spacial score (nSPS) is 14.2. The number of fused-ring (bicyclic) bond motifs is 1. The van der Waals surface area contributed by atoms with Crippen LogP contribution in [-0.4, -0.2) is 65.2 Å². The van der Waals surface area contributed by atoms with Crippen molar-refractivity contribution in [1.29, 1.82) is 0 Å². The van der Waals surface area contributed by atoms with E-state index in [2.05, 4.69) is 33.9 Å². The number of ether oxygens (including phenoxy) is 1. The summed E-state index contributed by atoms with van der Waals surface area (Å²) in [6.07, 6.45) is 3.25. The number of esters is 1. The summed E-state index contributed by atoms with van der Waals surface area (Å²) in [7, 11) is 4.16. The Morgan fingerprint density at radius 3 is 2.61 bits per heavy atom. The lowest BCUT2D eigenvalue weighted by molar-refractivity contribution is 0.0524. The molecule has 31 heavy (non-hydrogen) atoms. The van der Waals surface area contributed by atoms with E-state index in [0.29, 0.717) is 17.1 Å². The van der Waals surface area contributed by atoms with Gasteiger partial charge in [-0.2, -0.15) is 0 Å². The number of hydrogen-bond donors (Lipinski definition) is 0. The van der Waals surface area contributed by atoms with E-state index >= 15 is 0 Å². The van der Waals surface area contributed by atoms with Crippen molar-refractivity contribution in [2.24, 2.45) is 0 Å². The number of pyridine rings is 3. The molecule has 0 saturated carbocycles. The molecule has 3 aromatic rings. The van der Waals surface area contributed by atoms with Gasteiger partial charge < -0.3 is 14.5 Å². The Kier molecular flexibility index (Phi) is 5.49. The number of rotatable bonds is 5. The average molecular weight is 422 g/mol. The molecular weight excluding hydrogens is 394 g/mol. The molecule has 1 fully saturated rings. The molecule has 0 unspecified atom stereocenters. The van der Waals surface area contributed by atoms with E-state index in [4.69, 9.17) is 4.74 Å². The molecule has 162 valence electrons. The molecule has 0 amide bonds. The van der Waals surface area contributed by atoms with Crippen LogP contribution in [0.1, 0.15) is 28.5 Å². The van der Waals surface area contributed by atoms with Crippen LogP contribution in [0.5, 0.6) is 0 Å². The van der Waals surface area contributed by atoms with Gasteiger partial charge in [0.1, 0.15) is 17.0 Å². The van der Waals surface area contributed by atoms with Gasteiger partial charge in [-0.15, -0.1) is 0 Å². The third-order valence-corrected chi connectivity index (χ3v) is 5.84. The van der Waals surface area contributed by atoms with Gasteiger partial charge >= 0.3 is 5.97 Å². The highest BCUT2D eigenvalue weighted by molar-refractivity contribution is 5.93. The number of anilines is 1. The fourth-order valence-electron chi connectivity index (χ4n) is 3.67. The minimum Gasteiger partial charge on any atom is -0.462 e. The highest BCUT2D eigenvalue weighted by Gasteiger charge is 2.29. The third-order valence-electron chi connectivity index (χ3n) is 5.84. The lowest BCUT2D eigenvalue weighted by atomic mass is 10.1. The van der Waals surface area contributed by atoms with Gasteiger partial charge in [0.15, 0.2) is 0 Å². The first kappa shape index (κ1) is 21.0. The maximum atomic E-state index is 13.0.